The number of hydrogen-bond donors (Lipinski definition) is 4. The van der Waals surface area contributed by atoms with Gasteiger partial charge < -0.3 is 19.9 Å². The first-order valence-electron chi connectivity index (χ1n) is 24.0. The fraction of sp³-hybridized carbons (Fsp3) is 0.385. The summed E-state index contributed by atoms with van der Waals surface area (Å²) < 4.78 is 16.9. The van der Waals surface area contributed by atoms with Gasteiger partial charge in [-0.3, -0.25) is 0 Å². The second-order valence-electron chi connectivity index (χ2n) is 20.8. The molecule has 400 valence electrons. The molecule has 0 fully saturated rings. The van der Waals surface area contributed by atoms with Crippen LogP contribution < -0.4 is 0 Å². The Morgan fingerprint density at radius 3 is 0.618 bits per heavy atom. The molecule has 0 amide bonds. The average Bonchev–Trinajstić information content (AvgIpc) is 4.19. The number of allylic oxidation sites excluding steroid dienone is 4. The maximum Gasteiger partial charge on any atom is 0.0717 e. The highest BCUT2D eigenvalue weighted by atomic mass is 32.3. The highest BCUT2D eigenvalue weighted by molar-refractivity contribution is 8.42. The molecule has 24 heteroatoms. The lowest BCUT2D eigenvalue weighted by atomic mass is 9.85. The van der Waals surface area contributed by atoms with Crippen LogP contribution in [0.15, 0.2) is 110 Å². The highest BCUT2D eigenvalue weighted by Crippen LogP contribution is 2.72. The van der Waals surface area contributed by atoms with E-state index in [0.717, 1.165) is 0 Å². The molecule has 76 heavy (non-hydrogen) atoms. The number of thioether (sulfide) groups is 20. The van der Waals surface area contributed by atoms with Gasteiger partial charge in [-0.2, -0.15) is 0 Å². The molecule has 0 spiro atoms. The standard InChI is InChI=1S/C52H52N4S20/c1-17-18(2)62-41(61-17)44-65-21-22(66-44)30-50(7,8)32-24-26(70-46(68-24)43-64-20(4)38(58-14)74-43)34(55-32)52(11,12)36-28-27(71-47(72-28)48-75-39(59-15)40(60-16)76-48)35(56-36)51(9,10)33-25-23(31(54-33)49(5,6)29(21)53-30)67-45(69-25)42-63-19(3)37(57-13)73-42/h53-56H,1-16H3/b45-42-,46-43-. The van der Waals surface area contributed by atoms with E-state index >= 15 is 0 Å². The molecule has 0 saturated carbocycles. The van der Waals surface area contributed by atoms with Crippen LogP contribution in [-0.4, -0.2) is 45.0 Å². The molecule has 8 bridgehead atoms. The second-order valence-corrected chi connectivity index (χ2v) is 44.3. The van der Waals surface area contributed by atoms with Gasteiger partial charge in [0, 0.05) is 116 Å². The number of nitrogens with one attached hydrogen (secondary N) is 4. The first-order valence-corrected chi connectivity index (χ1v) is 41.9. The smallest absolute Gasteiger partial charge is 0.0717 e. The van der Waals surface area contributed by atoms with E-state index in [0.29, 0.717) is 0 Å². The van der Waals surface area contributed by atoms with Gasteiger partial charge >= 0.3 is 0 Å². The summed E-state index contributed by atoms with van der Waals surface area (Å²) in [4.78, 5) is 34.2. The van der Waals surface area contributed by atoms with Crippen molar-refractivity contribution in [2.45, 2.75) is 144 Å². The Balaban J connectivity index is 1.06. The van der Waals surface area contributed by atoms with Crippen molar-refractivity contribution >= 4 is 235 Å². The average molecular weight is 1370 g/mol. The van der Waals surface area contributed by atoms with Crippen LogP contribution in [0.25, 0.3) is 0 Å². The topological polar surface area (TPSA) is 63.2 Å². The summed E-state index contributed by atoms with van der Waals surface area (Å²) >= 11 is 39.3. The van der Waals surface area contributed by atoms with Gasteiger partial charge in [0.15, 0.2) is 0 Å². The summed E-state index contributed by atoms with van der Waals surface area (Å²) in [6.07, 6.45) is 8.90. The molecule has 4 aromatic heterocycles. The van der Waals surface area contributed by atoms with Crippen LogP contribution in [0, 0.1) is 0 Å². The number of hydrogen-bond acceptors (Lipinski definition) is 20. The molecule has 0 atom stereocenters. The maximum atomic E-state index is 4.38. The van der Waals surface area contributed by atoms with Crippen LogP contribution in [0.5, 0.6) is 0 Å². The third kappa shape index (κ3) is 9.01. The lowest BCUT2D eigenvalue weighted by molar-refractivity contribution is 0.533. The quantitative estimate of drug-likeness (QED) is 0.157. The summed E-state index contributed by atoms with van der Waals surface area (Å²) in [5.41, 5.74) is 8.67. The molecular formula is C52H52N4S20. The number of rotatable bonds is 4. The lowest BCUT2D eigenvalue weighted by Gasteiger charge is -2.30. The fourth-order valence-corrected chi connectivity index (χ4v) is 38.2. The minimum absolute atomic E-state index is 0.424. The molecular weight excluding hydrogens is 1320 g/mol. The van der Waals surface area contributed by atoms with Gasteiger partial charge in [-0.05, 0) is 118 Å². The molecule has 9 aliphatic heterocycles. The molecule has 4 N–H and O–H groups in total. The molecule has 0 aromatic carbocycles. The lowest BCUT2D eigenvalue weighted by Crippen LogP contribution is -2.27. The second kappa shape index (κ2) is 20.9. The number of aromatic nitrogens is 4. The Labute approximate surface area is 532 Å². The van der Waals surface area contributed by atoms with Crippen LogP contribution in [0.4, 0.5) is 0 Å². The Kier molecular flexibility index (Phi) is 15.7. The van der Waals surface area contributed by atoms with Crippen LogP contribution in [0.1, 0.15) is 129 Å². The SMILES string of the molecule is CSC1=C(C)S/C(=C2\Sc3c4[nH]c(c3S2)C(C)(C)c2[nH]c(c3c2SC(=C2SC(SC)=C(SC)S2)S3)C(C)(C)c2[nH]c(c3c2S/C(=C2/SC(C)=C(SC)S2)S3)C(C)(C)c2[nH]c(c3c2SC(=C2SC(C)=C(C)S2)S3)C4(C)C)S1. The van der Waals surface area contributed by atoms with Crippen LogP contribution in [0.2, 0.25) is 0 Å². The molecule has 0 saturated heterocycles. The van der Waals surface area contributed by atoms with Crippen molar-refractivity contribution in [3.8, 4) is 0 Å². The van der Waals surface area contributed by atoms with Gasteiger partial charge in [-0.1, -0.05) is 188 Å². The van der Waals surface area contributed by atoms with Crippen molar-refractivity contribution in [1.82, 2.24) is 19.9 Å². The van der Waals surface area contributed by atoms with Crippen molar-refractivity contribution in [2.75, 3.05) is 25.0 Å². The molecule has 0 aliphatic carbocycles. The van der Waals surface area contributed by atoms with Crippen molar-refractivity contribution < 1.29 is 0 Å². The van der Waals surface area contributed by atoms with E-state index < -0.39 is 21.7 Å². The zero-order chi connectivity index (χ0) is 53.4. The summed E-state index contributed by atoms with van der Waals surface area (Å²) in [6, 6.07) is 0. The van der Waals surface area contributed by atoms with Gasteiger partial charge in [-0.25, -0.2) is 0 Å². The molecule has 9 aliphatic rings. The van der Waals surface area contributed by atoms with Crippen molar-refractivity contribution in [2.24, 2.45) is 0 Å². The molecule has 0 radical (unpaired) electrons. The van der Waals surface area contributed by atoms with Crippen LogP contribution >= 0.6 is 235 Å². The summed E-state index contributed by atoms with van der Waals surface area (Å²) in [6.45, 7) is 29.0. The Morgan fingerprint density at radius 2 is 0.408 bits per heavy atom. The molecule has 4 nitrogen and oxygen atoms in total. The minimum atomic E-state index is -0.429. The van der Waals surface area contributed by atoms with E-state index in [1.54, 1.807) is 0 Å². The van der Waals surface area contributed by atoms with E-state index in [4.69, 9.17) is 0 Å². The van der Waals surface area contributed by atoms with Crippen molar-refractivity contribution in [3.63, 3.8) is 0 Å². The fourth-order valence-electron chi connectivity index (χ4n) is 10.2. The number of H-pyrrole nitrogens is 4. The molecule has 0 unspecified atom stereocenters. The summed E-state index contributed by atoms with van der Waals surface area (Å²) in [5.74, 6) is 0. The minimum Gasteiger partial charge on any atom is -0.359 e. The zero-order valence-electron chi connectivity index (χ0n) is 44.2. The monoisotopic (exact) mass is 1370 g/mol. The summed E-state index contributed by atoms with van der Waals surface area (Å²) in [7, 11) is 0. The van der Waals surface area contributed by atoms with Crippen LogP contribution in [-0.2, 0) is 21.7 Å². The third-order valence-corrected chi connectivity index (χ3v) is 43.0. The first-order chi connectivity index (χ1) is 36.1. The third-order valence-electron chi connectivity index (χ3n) is 14.6. The van der Waals surface area contributed by atoms with E-state index in [-0.39, 0.29) is 0 Å². The predicted octanol–water partition coefficient (Wildman–Crippen LogP) is 24.0. The number of fused-ring (bicyclic) bond motifs is 20. The molecule has 4 aromatic rings. The molecule has 13 heterocycles. The Bertz CT molecular complexity index is 3370. The van der Waals surface area contributed by atoms with Crippen LogP contribution in [0.3, 0.4) is 0 Å². The number of aromatic amines is 4. The maximum absolute atomic E-state index is 4.38. The zero-order valence-corrected chi connectivity index (χ0v) is 60.5. The normalized spacial score (nSPS) is 25.1. The van der Waals surface area contributed by atoms with Gasteiger partial charge in [0.2, 0.25) is 0 Å². The Hall–Kier alpha value is 2.04. The van der Waals surface area contributed by atoms with E-state index in [9.17, 15) is 0 Å². The van der Waals surface area contributed by atoms with Gasteiger partial charge in [0.1, 0.15) is 0 Å². The van der Waals surface area contributed by atoms with Gasteiger partial charge in [0.05, 0.1) is 50.8 Å². The van der Waals surface area contributed by atoms with Crippen molar-refractivity contribution in [1.29, 1.82) is 0 Å². The van der Waals surface area contributed by atoms with Crippen molar-refractivity contribution in [3.05, 3.63) is 116 Å². The Morgan fingerprint density at radius 1 is 0.237 bits per heavy atom. The first kappa shape index (κ1) is 57.1. The highest BCUT2D eigenvalue weighted by Gasteiger charge is 2.51. The van der Waals surface area contributed by atoms with E-state index in [1.165, 1.54) is 155 Å². The van der Waals surface area contributed by atoms with Gasteiger partial charge in [0.25, 0.3) is 0 Å². The van der Waals surface area contributed by atoms with E-state index in [1.807, 2.05) is 235 Å². The summed E-state index contributed by atoms with van der Waals surface area (Å²) in [5, 5.41) is 0. The largest absolute Gasteiger partial charge is 0.359 e. The predicted molar refractivity (Wildman–Crippen MR) is 372 cm³/mol. The van der Waals surface area contributed by atoms with E-state index in [2.05, 4.69) is 128 Å². The molecule has 13 rings (SSSR count). The van der Waals surface area contributed by atoms with Gasteiger partial charge in [-0.15, -0.1) is 47.0 Å².